The minimum atomic E-state index is -3.59. The highest BCUT2D eigenvalue weighted by Gasteiger charge is 2.34. The Balaban J connectivity index is 1.57. The highest BCUT2D eigenvalue weighted by Crippen LogP contribution is 2.34. The molecular formula is C24H26F3NO. The molecule has 154 valence electrons. The van der Waals surface area contributed by atoms with Crippen molar-refractivity contribution in [1.29, 1.82) is 5.26 Å². The summed E-state index contributed by atoms with van der Waals surface area (Å²) in [5, 5.41) is 8.72. The largest absolute Gasteiger partial charge is 0.429 e. The van der Waals surface area contributed by atoms with Crippen LogP contribution in [0.15, 0.2) is 42.5 Å². The van der Waals surface area contributed by atoms with Gasteiger partial charge in [-0.25, -0.2) is 4.39 Å². The van der Waals surface area contributed by atoms with Crippen LogP contribution in [0.5, 0.6) is 5.75 Å². The highest BCUT2D eigenvalue weighted by molar-refractivity contribution is 5.37. The molecule has 0 saturated heterocycles. The summed E-state index contributed by atoms with van der Waals surface area (Å²) in [5.41, 5.74) is 0.536. The fourth-order valence-corrected chi connectivity index (χ4v) is 4.02. The number of halogens is 3. The van der Waals surface area contributed by atoms with E-state index in [4.69, 9.17) is 10.00 Å². The number of hydrogen-bond acceptors (Lipinski definition) is 2. The van der Waals surface area contributed by atoms with Crippen LogP contribution in [0.4, 0.5) is 13.2 Å². The molecule has 0 radical (unpaired) electrons. The van der Waals surface area contributed by atoms with Gasteiger partial charge in [-0.05, 0) is 54.5 Å². The van der Waals surface area contributed by atoms with Crippen LogP contribution in [0.3, 0.4) is 0 Å². The van der Waals surface area contributed by atoms with Crippen LogP contribution in [0, 0.1) is 29.0 Å². The molecule has 0 bridgehead atoms. The summed E-state index contributed by atoms with van der Waals surface area (Å²) in [4.78, 5) is 0. The summed E-state index contributed by atoms with van der Waals surface area (Å²) in [6.07, 6.45) is 4.80. The first-order valence-corrected chi connectivity index (χ1v) is 10.3. The van der Waals surface area contributed by atoms with Crippen molar-refractivity contribution in [3.8, 4) is 11.8 Å². The molecule has 1 aliphatic rings. The fraction of sp³-hybridized carbons (Fsp3) is 0.458. The second-order valence-corrected chi connectivity index (χ2v) is 7.90. The molecule has 1 fully saturated rings. The molecule has 0 aromatic heterocycles. The van der Waals surface area contributed by atoms with Crippen LogP contribution < -0.4 is 4.74 Å². The van der Waals surface area contributed by atoms with Gasteiger partial charge in [-0.1, -0.05) is 51.2 Å². The molecule has 2 aromatic rings. The minimum absolute atomic E-state index is 0.215. The number of ether oxygens (including phenoxy) is 1. The number of alkyl halides is 2. The average Bonchev–Trinajstić information content (AvgIpc) is 2.73. The second kappa shape index (κ2) is 9.35. The molecule has 0 spiro atoms. The second-order valence-electron chi connectivity index (χ2n) is 7.90. The number of hydrogen-bond donors (Lipinski definition) is 0. The quantitative estimate of drug-likeness (QED) is 0.502. The molecule has 0 atom stereocenters. The summed E-state index contributed by atoms with van der Waals surface area (Å²) in [6.45, 7) is 2.25. The maximum absolute atomic E-state index is 14.4. The number of nitriles is 1. The molecule has 2 nitrogen and oxygen atoms in total. The van der Waals surface area contributed by atoms with Gasteiger partial charge in [0.05, 0.1) is 11.1 Å². The SMILES string of the molecule is CCC1CCC(CCc2ccc(C(F)(F)Oc3ccc(C#N)c(F)c3)cc2)CC1. The van der Waals surface area contributed by atoms with Crippen molar-refractivity contribution >= 4 is 0 Å². The normalized spacial score (nSPS) is 19.6. The monoisotopic (exact) mass is 401 g/mol. The summed E-state index contributed by atoms with van der Waals surface area (Å²) in [7, 11) is 0. The number of benzene rings is 2. The van der Waals surface area contributed by atoms with E-state index in [9.17, 15) is 13.2 Å². The standard InChI is InChI=1S/C24H26F3NO/c1-2-17-3-5-18(6-4-17)7-8-19-9-12-21(13-10-19)24(26,27)29-22-14-11-20(16-28)23(25)15-22/h9-15,17-18H,2-8H2,1H3. The Bertz CT molecular complexity index is 849. The Morgan fingerprint density at radius 1 is 1.03 bits per heavy atom. The van der Waals surface area contributed by atoms with Crippen LogP contribution in [-0.4, -0.2) is 0 Å². The van der Waals surface area contributed by atoms with Gasteiger partial charge in [0.2, 0.25) is 0 Å². The van der Waals surface area contributed by atoms with Gasteiger partial charge in [0.25, 0.3) is 0 Å². The van der Waals surface area contributed by atoms with Crippen LogP contribution >= 0.6 is 0 Å². The predicted molar refractivity (Wildman–Crippen MR) is 106 cm³/mol. The van der Waals surface area contributed by atoms with Crippen molar-refractivity contribution in [1.82, 2.24) is 0 Å². The lowest BCUT2D eigenvalue weighted by Gasteiger charge is -2.27. The van der Waals surface area contributed by atoms with E-state index in [1.165, 1.54) is 44.2 Å². The predicted octanol–water partition coefficient (Wildman–Crippen LogP) is 6.97. The molecule has 3 rings (SSSR count). The lowest BCUT2D eigenvalue weighted by Crippen LogP contribution is -2.22. The van der Waals surface area contributed by atoms with Gasteiger partial charge in [-0.3, -0.25) is 0 Å². The zero-order valence-electron chi connectivity index (χ0n) is 16.6. The van der Waals surface area contributed by atoms with E-state index in [-0.39, 0.29) is 16.9 Å². The van der Waals surface area contributed by atoms with Crippen molar-refractivity contribution in [2.45, 2.75) is 58.0 Å². The van der Waals surface area contributed by atoms with Crippen molar-refractivity contribution < 1.29 is 17.9 Å². The lowest BCUT2D eigenvalue weighted by atomic mass is 9.78. The van der Waals surface area contributed by atoms with Crippen molar-refractivity contribution in [2.75, 3.05) is 0 Å². The Morgan fingerprint density at radius 2 is 1.69 bits per heavy atom. The fourth-order valence-electron chi connectivity index (χ4n) is 4.02. The Labute approximate surface area is 170 Å². The van der Waals surface area contributed by atoms with Gasteiger partial charge in [0.1, 0.15) is 17.6 Å². The molecule has 0 aliphatic heterocycles. The molecule has 0 amide bonds. The van der Waals surface area contributed by atoms with E-state index in [1.807, 2.05) is 0 Å². The third-order valence-corrected chi connectivity index (χ3v) is 5.98. The molecule has 1 aliphatic carbocycles. The Hall–Kier alpha value is -2.48. The highest BCUT2D eigenvalue weighted by atomic mass is 19.3. The van der Waals surface area contributed by atoms with E-state index >= 15 is 0 Å². The Morgan fingerprint density at radius 3 is 2.28 bits per heavy atom. The number of nitrogens with zero attached hydrogens (tertiary/aromatic N) is 1. The molecule has 1 saturated carbocycles. The van der Waals surface area contributed by atoms with Crippen molar-refractivity contribution in [2.24, 2.45) is 11.8 Å². The summed E-state index contributed by atoms with van der Waals surface area (Å²) in [6, 6.07) is 10.9. The smallest absolute Gasteiger partial charge is 0.426 e. The lowest BCUT2D eigenvalue weighted by molar-refractivity contribution is -0.185. The van der Waals surface area contributed by atoms with Gasteiger partial charge in [-0.2, -0.15) is 14.0 Å². The summed E-state index contributed by atoms with van der Waals surface area (Å²) >= 11 is 0. The summed E-state index contributed by atoms with van der Waals surface area (Å²) < 4.78 is 47.2. The van der Waals surface area contributed by atoms with Gasteiger partial charge >= 0.3 is 6.11 Å². The first-order valence-electron chi connectivity index (χ1n) is 10.3. The molecule has 0 unspecified atom stereocenters. The summed E-state index contributed by atoms with van der Waals surface area (Å²) in [5.74, 6) is 0.397. The van der Waals surface area contributed by atoms with E-state index in [1.54, 1.807) is 18.2 Å². The van der Waals surface area contributed by atoms with Gasteiger partial charge in [-0.15, -0.1) is 0 Å². The third-order valence-electron chi connectivity index (χ3n) is 5.98. The van der Waals surface area contributed by atoms with Crippen LogP contribution in [0.1, 0.15) is 62.1 Å². The van der Waals surface area contributed by atoms with Crippen molar-refractivity contribution in [3.63, 3.8) is 0 Å². The maximum Gasteiger partial charge on any atom is 0.426 e. The number of aryl methyl sites for hydroxylation is 1. The van der Waals surface area contributed by atoms with Crippen molar-refractivity contribution in [3.05, 3.63) is 65.0 Å². The van der Waals surface area contributed by atoms with Crippen LogP contribution in [-0.2, 0) is 12.5 Å². The third kappa shape index (κ3) is 5.53. The van der Waals surface area contributed by atoms with Crippen LogP contribution in [0.25, 0.3) is 0 Å². The van der Waals surface area contributed by atoms with Gasteiger partial charge in [0, 0.05) is 6.07 Å². The van der Waals surface area contributed by atoms with E-state index in [2.05, 4.69) is 6.92 Å². The van der Waals surface area contributed by atoms with E-state index in [0.717, 1.165) is 48.4 Å². The van der Waals surface area contributed by atoms with Gasteiger partial charge in [0.15, 0.2) is 0 Å². The molecule has 29 heavy (non-hydrogen) atoms. The zero-order valence-corrected chi connectivity index (χ0v) is 16.6. The van der Waals surface area contributed by atoms with Crippen LogP contribution in [0.2, 0.25) is 0 Å². The first-order chi connectivity index (χ1) is 13.9. The molecule has 5 heteroatoms. The first kappa shape index (κ1) is 21.2. The maximum atomic E-state index is 14.4. The Kier molecular flexibility index (Phi) is 6.84. The molecular weight excluding hydrogens is 375 g/mol. The zero-order chi connectivity index (χ0) is 20.9. The minimum Gasteiger partial charge on any atom is -0.429 e. The van der Waals surface area contributed by atoms with E-state index in [0.29, 0.717) is 0 Å². The van der Waals surface area contributed by atoms with E-state index < -0.39 is 11.9 Å². The average molecular weight is 401 g/mol. The van der Waals surface area contributed by atoms with Gasteiger partial charge < -0.3 is 4.74 Å². The number of rotatable bonds is 7. The molecule has 0 N–H and O–H groups in total. The topological polar surface area (TPSA) is 33.0 Å². The molecule has 0 heterocycles. The molecule has 2 aromatic carbocycles.